The molecule has 0 saturated carbocycles. The highest BCUT2D eigenvalue weighted by molar-refractivity contribution is 5.55. The summed E-state index contributed by atoms with van der Waals surface area (Å²) in [6.45, 7) is 27.3. The molecular weight excluding hydrogens is 793 g/mol. The van der Waals surface area contributed by atoms with E-state index in [1.54, 1.807) is 33.4 Å². The Labute approximate surface area is 401 Å². The van der Waals surface area contributed by atoms with Crippen molar-refractivity contribution < 1.29 is 0 Å². The second kappa shape index (κ2) is 21.9. The van der Waals surface area contributed by atoms with E-state index in [0.29, 0.717) is 0 Å². The Kier molecular flexibility index (Phi) is 16.1. The van der Waals surface area contributed by atoms with Crippen LogP contribution in [0, 0.1) is 83.1 Å². The average Bonchev–Trinajstić information content (AvgIpc) is 3.25. The molecule has 0 unspecified atom stereocenters. The number of aryl methyl sites for hydroxylation is 18. The van der Waals surface area contributed by atoms with Crippen molar-refractivity contribution in [2.45, 2.75) is 160 Å². The summed E-state index contributed by atoms with van der Waals surface area (Å²) in [5.41, 5.74) is 35.3. The van der Waals surface area contributed by atoms with Crippen molar-refractivity contribution in [3.63, 3.8) is 0 Å². The first kappa shape index (κ1) is 48.5. The molecule has 0 aliphatic carbocycles. The molecule has 0 heterocycles. The third-order valence-electron chi connectivity index (χ3n) is 15.0. The van der Waals surface area contributed by atoms with E-state index in [9.17, 15) is 0 Å². The van der Waals surface area contributed by atoms with Gasteiger partial charge in [0.15, 0.2) is 0 Å². The van der Waals surface area contributed by atoms with Gasteiger partial charge < -0.3 is 0 Å². The quantitative estimate of drug-likeness (QED) is 0.0806. The highest BCUT2D eigenvalue weighted by Gasteiger charge is 2.25. The summed E-state index contributed by atoms with van der Waals surface area (Å²) in [4.78, 5) is 0. The van der Waals surface area contributed by atoms with E-state index in [-0.39, 0.29) is 0 Å². The van der Waals surface area contributed by atoms with E-state index in [1.807, 2.05) is 0 Å². The van der Waals surface area contributed by atoms with E-state index >= 15 is 0 Å². The lowest BCUT2D eigenvalue weighted by atomic mass is 9.76. The molecule has 0 aliphatic rings. The summed E-state index contributed by atoms with van der Waals surface area (Å²) >= 11 is 0. The molecule has 0 saturated heterocycles. The van der Waals surface area contributed by atoms with Crippen molar-refractivity contribution in [2.75, 3.05) is 0 Å². The van der Waals surface area contributed by atoms with Crippen LogP contribution in [-0.2, 0) is 77.0 Å². The fraction of sp³-hybridized carbons (Fsp3) is 0.364. The predicted octanol–water partition coefficient (Wildman–Crippen LogP) is 16.1. The monoisotopic (exact) mass is 871 g/mol. The van der Waals surface area contributed by atoms with Crippen LogP contribution in [0.25, 0.3) is 0 Å². The minimum Gasteiger partial charge on any atom is -0.0590 e. The van der Waals surface area contributed by atoms with Crippen molar-refractivity contribution in [3.05, 3.63) is 243 Å². The zero-order valence-corrected chi connectivity index (χ0v) is 42.9. The SMILES string of the molecule is Cc1ccc(CCc2c(CCc3ccc(C)cc3C)c(CCc3ccc(C)cc3C)c(CCc3ccc(C)cc3C)c(CCc3ccc(C)cc3C)c2CCc2ccc(C)cc2C)c(C)c1. The minimum atomic E-state index is 1.05. The van der Waals surface area contributed by atoms with Gasteiger partial charge in [-0.25, -0.2) is 0 Å². The van der Waals surface area contributed by atoms with Gasteiger partial charge in [0.05, 0.1) is 0 Å². The van der Waals surface area contributed by atoms with Gasteiger partial charge in [0.1, 0.15) is 0 Å². The van der Waals surface area contributed by atoms with Crippen molar-refractivity contribution in [1.29, 1.82) is 0 Å². The molecule has 7 aromatic rings. The van der Waals surface area contributed by atoms with E-state index in [2.05, 4.69) is 192 Å². The first-order valence-electron chi connectivity index (χ1n) is 25.2. The minimum absolute atomic E-state index is 1.05. The zero-order chi connectivity index (χ0) is 47.1. The van der Waals surface area contributed by atoms with Crippen LogP contribution < -0.4 is 0 Å². The van der Waals surface area contributed by atoms with Crippen LogP contribution in [-0.4, -0.2) is 0 Å². The van der Waals surface area contributed by atoms with Crippen molar-refractivity contribution in [1.82, 2.24) is 0 Å². The highest BCUT2D eigenvalue weighted by Crippen LogP contribution is 2.37. The number of hydrogen-bond donors (Lipinski definition) is 0. The predicted molar refractivity (Wildman–Crippen MR) is 286 cm³/mol. The lowest BCUT2D eigenvalue weighted by Crippen LogP contribution is -2.18. The van der Waals surface area contributed by atoms with Crippen LogP contribution in [0.5, 0.6) is 0 Å². The van der Waals surface area contributed by atoms with Crippen molar-refractivity contribution >= 4 is 0 Å². The fourth-order valence-corrected chi connectivity index (χ4v) is 11.2. The lowest BCUT2D eigenvalue weighted by Gasteiger charge is -2.29. The Morgan fingerprint density at radius 3 is 0.439 bits per heavy atom. The third kappa shape index (κ3) is 12.1. The first-order valence-corrected chi connectivity index (χ1v) is 25.2. The Morgan fingerprint density at radius 2 is 0.318 bits per heavy atom. The number of hydrogen-bond acceptors (Lipinski definition) is 0. The molecule has 0 radical (unpaired) electrons. The smallest absolute Gasteiger partial charge is 0.0232 e. The van der Waals surface area contributed by atoms with Crippen LogP contribution in [0.15, 0.2) is 109 Å². The summed E-state index contributed by atoms with van der Waals surface area (Å²) < 4.78 is 0. The molecule has 7 rings (SSSR count). The molecular formula is C66H78. The number of rotatable bonds is 18. The molecule has 0 heteroatoms. The molecule has 7 aromatic carbocycles. The topological polar surface area (TPSA) is 0 Å². The lowest BCUT2D eigenvalue weighted by molar-refractivity contribution is 0.773. The van der Waals surface area contributed by atoms with Gasteiger partial charge in [0, 0.05) is 0 Å². The average molecular weight is 871 g/mol. The summed E-state index contributed by atoms with van der Waals surface area (Å²) in [7, 11) is 0. The van der Waals surface area contributed by atoms with E-state index in [1.165, 1.54) is 100 Å². The maximum Gasteiger partial charge on any atom is -0.0232 e. The first-order chi connectivity index (χ1) is 31.6. The Balaban J connectivity index is 1.50. The van der Waals surface area contributed by atoms with Crippen LogP contribution in [0.2, 0.25) is 0 Å². The van der Waals surface area contributed by atoms with Gasteiger partial charge in [-0.1, -0.05) is 143 Å². The molecule has 0 bridgehead atoms. The standard InChI is InChI=1S/C66H78/c1-43-13-19-55(49(7)37-43)25-31-61-62(32-26-56-20-14-44(2)38-50(56)8)64(34-28-58-22-16-46(4)40-52(58)10)66(36-30-60-24-18-48(6)42-54(60)12)65(35-29-59-23-17-47(5)41-53(59)11)63(61)33-27-57-21-15-45(3)39-51(57)9/h13-24,37-42H,25-36H2,1-12H3. The molecule has 0 nitrogen and oxygen atoms in total. The van der Waals surface area contributed by atoms with Gasteiger partial charge in [-0.2, -0.15) is 0 Å². The summed E-state index contributed by atoms with van der Waals surface area (Å²) in [5, 5.41) is 0. The molecule has 0 atom stereocenters. The zero-order valence-electron chi connectivity index (χ0n) is 42.9. The van der Waals surface area contributed by atoms with Gasteiger partial charge in [-0.05, 0) is 260 Å². The van der Waals surface area contributed by atoms with Gasteiger partial charge in [-0.3, -0.25) is 0 Å². The largest absolute Gasteiger partial charge is 0.0590 e. The molecule has 0 aliphatic heterocycles. The maximum atomic E-state index is 2.41. The molecule has 66 heavy (non-hydrogen) atoms. The van der Waals surface area contributed by atoms with Crippen molar-refractivity contribution in [2.24, 2.45) is 0 Å². The van der Waals surface area contributed by atoms with Gasteiger partial charge in [-0.15, -0.1) is 0 Å². The molecule has 0 aromatic heterocycles. The van der Waals surface area contributed by atoms with Gasteiger partial charge >= 0.3 is 0 Å². The van der Waals surface area contributed by atoms with Gasteiger partial charge in [0.25, 0.3) is 0 Å². The summed E-state index contributed by atoms with van der Waals surface area (Å²) in [6.07, 6.45) is 12.6. The third-order valence-corrected chi connectivity index (χ3v) is 15.0. The van der Waals surface area contributed by atoms with Crippen molar-refractivity contribution in [3.8, 4) is 0 Å². The molecule has 342 valence electrons. The second-order valence-corrected chi connectivity index (χ2v) is 20.5. The molecule has 0 N–H and O–H groups in total. The molecule has 0 amide bonds. The molecule has 0 spiro atoms. The Morgan fingerprint density at radius 1 is 0.182 bits per heavy atom. The maximum absolute atomic E-state index is 2.41. The van der Waals surface area contributed by atoms with Crippen LogP contribution in [0.3, 0.4) is 0 Å². The summed E-state index contributed by atoms with van der Waals surface area (Å²) in [5.74, 6) is 0. The molecule has 0 fully saturated rings. The van der Waals surface area contributed by atoms with E-state index < -0.39 is 0 Å². The van der Waals surface area contributed by atoms with Crippen LogP contribution >= 0.6 is 0 Å². The van der Waals surface area contributed by atoms with Crippen LogP contribution in [0.1, 0.15) is 134 Å². The van der Waals surface area contributed by atoms with E-state index in [4.69, 9.17) is 0 Å². The van der Waals surface area contributed by atoms with Crippen LogP contribution in [0.4, 0.5) is 0 Å². The Hall–Kier alpha value is -5.46. The summed E-state index contributed by atoms with van der Waals surface area (Å²) in [6, 6.07) is 42.7. The fourth-order valence-electron chi connectivity index (χ4n) is 11.2. The van der Waals surface area contributed by atoms with Gasteiger partial charge in [0.2, 0.25) is 0 Å². The normalized spacial score (nSPS) is 11.5. The second-order valence-electron chi connectivity index (χ2n) is 20.5. The number of benzene rings is 7. The van der Waals surface area contributed by atoms with E-state index in [0.717, 1.165) is 77.0 Å². The highest BCUT2D eigenvalue weighted by atomic mass is 14.3. The Bertz CT molecular complexity index is 2300.